The molecule has 0 aliphatic rings. The molecule has 0 saturated heterocycles. The normalized spacial score (nSPS) is 11.7. The van der Waals surface area contributed by atoms with Gasteiger partial charge < -0.3 is 15.5 Å². The smallest absolute Gasteiger partial charge is 0.334 e. The molecule has 2 rings (SSSR count). The number of hydrogen-bond acceptors (Lipinski definition) is 3. The first-order valence-electron chi connectivity index (χ1n) is 6.42. The Labute approximate surface area is 121 Å². The van der Waals surface area contributed by atoms with Gasteiger partial charge in [-0.3, -0.25) is 4.79 Å². The molecule has 2 aromatic rings. The number of benzene rings is 2. The van der Waals surface area contributed by atoms with E-state index in [0.717, 1.165) is 11.1 Å². The van der Waals surface area contributed by atoms with Gasteiger partial charge >= 0.3 is 5.97 Å². The number of carboxylic acids is 1. The number of amides is 1. The summed E-state index contributed by atoms with van der Waals surface area (Å²) in [7, 11) is 0. The molecule has 0 saturated carbocycles. The number of carbonyl (C=O) groups is 2. The number of carbonyl (C=O) groups excluding carboxylic acids is 1. The molecule has 0 bridgehead atoms. The van der Waals surface area contributed by atoms with Crippen LogP contribution in [-0.4, -0.2) is 34.7 Å². The molecule has 5 heteroatoms. The number of aliphatic hydroxyl groups excluding tert-OH is 1. The lowest BCUT2D eigenvalue weighted by atomic mass is 10.0. The second-order valence-corrected chi connectivity index (χ2v) is 4.51. The second kappa shape index (κ2) is 6.67. The number of carboxylic acid groups (broad SMARTS) is 1. The van der Waals surface area contributed by atoms with E-state index in [2.05, 4.69) is 5.32 Å². The van der Waals surface area contributed by atoms with Gasteiger partial charge in [-0.1, -0.05) is 42.5 Å². The maximum absolute atomic E-state index is 11.8. The minimum Gasteiger partial charge on any atom is -0.479 e. The predicted molar refractivity (Wildman–Crippen MR) is 77.9 cm³/mol. The number of rotatable bonds is 5. The van der Waals surface area contributed by atoms with E-state index in [9.17, 15) is 9.59 Å². The van der Waals surface area contributed by atoms with E-state index in [1.165, 1.54) is 0 Å². The summed E-state index contributed by atoms with van der Waals surface area (Å²) in [4.78, 5) is 22.3. The molecule has 0 radical (unpaired) electrons. The topological polar surface area (TPSA) is 86.6 Å². The van der Waals surface area contributed by atoms with Gasteiger partial charge in [-0.25, -0.2) is 4.79 Å². The summed E-state index contributed by atoms with van der Waals surface area (Å²) < 4.78 is 0. The molecule has 1 amide bonds. The van der Waals surface area contributed by atoms with Crippen molar-refractivity contribution in [3.8, 4) is 11.1 Å². The van der Waals surface area contributed by atoms with Crippen molar-refractivity contribution in [2.75, 3.05) is 6.54 Å². The molecular weight excluding hydrogens is 270 g/mol. The van der Waals surface area contributed by atoms with Gasteiger partial charge in [0.15, 0.2) is 6.10 Å². The van der Waals surface area contributed by atoms with Crippen molar-refractivity contribution >= 4 is 11.9 Å². The Balaban J connectivity index is 2.02. The lowest BCUT2D eigenvalue weighted by Crippen LogP contribution is -2.36. The average molecular weight is 285 g/mol. The van der Waals surface area contributed by atoms with Gasteiger partial charge in [0.25, 0.3) is 5.91 Å². The van der Waals surface area contributed by atoms with Gasteiger partial charge in [-0.2, -0.15) is 0 Å². The zero-order valence-corrected chi connectivity index (χ0v) is 11.2. The highest BCUT2D eigenvalue weighted by Crippen LogP contribution is 2.19. The van der Waals surface area contributed by atoms with Gasteiger partial charge in [-0.05, 0) is 23.3 Å². The van der Waals surface area contributed by atoms with Crippen molar-refractivity contribution in [2.24, 2.45) is 0 Å². The Kier molecular flexibility index (Phi) is 4.68. The van der Waals surface area contributed by atoms with Crippen LogP contribution in [0.1, 0.15) is 10.4 Å². The van der Waals surface area contributed by atoms with Crippen molar-refractivity contribution in [1.82, 2.24) is 5.32 Å². The maximum atomic E-state index is 11.8. The van der Waals surface area contributed by atoms with E-state index in [4.69, 9.17) is 10.2 Å². The van der Waals surface area contributed by atoms with Crippen LogP contribution in [-0.2, 0) is 4.79 Å². The molecule has 1 unspecified atom stereocenters. The molecule has 108 valence electrons. The van der Waals surface area contributed by atoms with Crippen molar-refractivity contribution < 1.29 is 19.8 Å². The van der Waals surface area contributed by atoms with E-state index in [1.807, 2.05) is 42.5 Å². The molecule has 21 heavy (non-hydrogen) atoms. The lowest BCUT2D eigenvalue weighted by molar-refractivity contribution is -0.146. The zero-order valence-electron chi connectivity index (χ0n) is 11.2. The van der Waals surface area contributed by atoms with Crippen molar-refractivity contribution in [2.45, 2.75) is 6.10 Å². The zero-order chi connectivity index (χ0) is 15.2. The quantitative estimate of drug-likeness (QED) is 0.777. The van der Waals surface area contributed by atoms with Crippen LogP contribution in [0.3, 0.4) is 0 Å². The van der Waals surface area contributed by atoms with E-state index < -0.39 is 18.0 Å². The van der Waals surface area contributed by atoms with E-state index >= 15 is 0 Å². The third-order valence-electron chi connectivity index (χ3n) is 3.00. The highest BCUT2D eigenvalue weighted by atomic mass is 16.4. The average Bonchev–Trinajstić information content (AvgIpc) is 2.53. The third kappa shape index (κ3) is 3.90. The molecular formula is C16H15NO4. The number of aliphatic carboxylic acids is 1. The minimum atomic E-state index is -1.60. The van der Waals surface area contributed by atoms with Crippen LogP contribution in [0.4, 0.5) is 0 Å². The number of nitrogens with one attached hydrogen (secondary N) is 1. The first-order valence-corrected chi connectivity index (χ1v) is 6.42. The summed E-state index contributed by atoms with van der Waals surface area (Å²) >= 11 is 0. The Morgan fingerprint density at radius 3 is 2.10 bits per heavy atom. The molecule has 0 heterocycles. The van der Waals surface area contributed by atoms with Gasteiger partial charge in [0, 0.05) is 5.56 Å². The van der Waals surface area contributed by atoms with E-state index in [-0.39, 0.29) is 6.54 Å². The molecule has 0 aliphatic heterocycles. The molecule has 2 aromatic carbocycles. The van der Waals surface area contributed by atoms with Crippen LogP contribution < -0.4 is 5.32 Å². The molecule has 3 N–H and O–H groups in total. The fourth-order valence-electron chi connectivity index (χ4n) is 1.82. The monoisotopic (exact) mass is 285 g/mol. The van der Waals surface area contributed by atoms with E-state index in [1.54, 1.807) is 12.1 Å². The SMILES string of the molecule is O=C(NCC(O)C(=O)O)c1ccc(-c2ccccc2)cc1. The van der Waals surface area contributed by atoms with Crippen molar-refractivity contribution in [3.05, 3.63) is 60.2 Å². The third-order valence-corrected chi connectivity index (χ3v) is 3.00. The van der Waals surface area contributed by atoms with Crippen LogP contribution in [0.25, 0.3) is 11.1 Å². The Bertz CT molecular complexity index is 622. The van der Waals surface area contributed by atoms with Crippen molar-refractivity contribution in [1.29, 1.82) is 0 Å². The Morgan fingerprint density at radius 2 is 1.52 bits per heavy atom. The maximum Gasteiger partial charge on any atom is 0.334 e. The molecule has 0 aromatic heterocycles. The summed E-state index contributed by atoms with van der Waals surface area (Å²) in [6.07, 6.45) is -1.60. The summed E-state index contributed by atoms with van der Waals surface area (Å²) in [5, 5.41) is 20.0. The van der Waals surface area contributed by atoms with Gasteiger partial charge in [0.05, 0.1) is 6.54 Å². The molecule has 5 nitrogen and oxygen atoms in total. The fraction of sp³-hybridized carbons (Fsp3) is 0.125. The van der Waals surface area contributed by atoms with Crippen LogP contribution in [0.2, 0.25) is 0 Å². The number of hydrogen-bond donors (Lipinski definition) is 3. The predicted octanol–water partition coefficient (Wildman–Crippen LogP) is 1.53. The molecule has 1 atom stereocenters. The lowest BCUT2D eigenvalue weighted by Gasteiger charge is -2.08. The number of aliphatic hydroxyl groups is 1. The van der Waals surface area contributed by atoms with Crippen LogP contribution in [0.15, 0.2) is 54.6 Å². The highest BCUT2D eigenvalue weighted by Gasteiger charge is 2.14. The minimum absolute atomic E-state index is 0.325. The summed E-state index contributed by atoms with van der Waals surface area (Å²) in [6.45, 7) is -0.325. The summed E-state index contributed by atoms with van der Waals surface area (Å²) in [6, 6.07) is 16.7. The molecule has 0 fully saturated rings. The highest BCUT2D eigenvalue weighted by molar-refractivity contribution is 5.95. The first kappa shape index (κ1) is 14.7. The van der Waals surface area contributed by atoms with Crippen LogP contribution >= 0.6 is 0 Å². The summed E-state index contributed by atoms with van der Waals surface area (Å²) in [5.74, 6) is -1.79. The Hall–Kier alpha value is -2.66. The second-order valence-electron chi connectivity index (χ2n) is 4.51. The van der Waals surface area contributed by atoms with Gasteiger partial charge in [0.1, 0.15) is 0 Å². The standard InChI is InChI=1S/C16H15NO4/c18-14(16(20)21)10-17-15(19)13-8-6-12(7-9-13)11-4-2-1-3-5-11/h1-9,14,18H,10H2,(H,17,19)(H,20,21). The fourth-order valence-corrected chi connectivity index (χ4v) is 1.82. The summed E-state index contributed by atoms with van der Waals surface area (Å²) in [5.41, 5.74) is 2.44. The first-order chi connectivity index (χ1) is 10.1. The largest absolute Gasteiger partial charge is 0.479 e. The molecule has 0 spiro atoms. The van der Waals surface area contributed by atoms with Gasteiger partial charge in [-0.15, -0.1) is 0 Å². The van der Waals surface area contributed by atoms with E-state index in [0.29, 0.717) is 5.56 Å². The van der Waals surface area contributed by atoms with Crippen molar-refractivity contribution in [3.63, 3.8) is 0 Å². The van der Waals surface area contributed by atoms with Gasteiger partial charge in [0.2, 0.25) is 0 Å². The molecule has 0 aliphatic carbocycles. The Morgan fingerprint density at radius 1 is 0.952 bits per heavy atom. The van der Waals surface area contributed by atoms with Crippen LogP contribution in [0, 0.1) is 0 Å². The van der Waals surface area contributed by atoms with Crippen LogP contribution in [0.5, 0.6) is 0 Å².